The lowest BCUT2D eigenvalue weighted by molar-refractivity contribution is 0.0942. The van der Waals surface area contributed by atoms with Gasteiger partial charge in [0.15, 0.2) is 0 Å². The zero-order valence-corrected chi connectivity index (χ0v) is 11.4. The second-order valence-corrected chi connectivity index (χ2v) is 4.55. The van der Waals surface area contributed by atoms with Crippen molar-refractivity contribution in [3.63, 3.8) is 0 Å². The third kappa shape index (κ3) is 3.50. The zero-order valence-electron chi connectivity index (χ0n) is 11.4. The molecule has 2 aromatic rings. The van der Waals surface area contributed by atoms with Crippen molar-refractivity contribution in [1.82, 2.24) is 15.5 Å². The summed E-state index contributed by atoms with van der Waals surface area (Å²) in [6, 6.07) is 7.18. The molecule has 1 aromatic heterocycles. The summed E-state index contributed by atoms with van der Waals surface area (Å²) >= 11 is 0. The number of carbonyl (C=O) groups excluding carboxylic acids is 1. The molecule has 0 saturated carbocycles. The Morgan fingerprint density at radius 3 is 2.75 bits per heavy atom. The molecule has 6 heteroatoms. The van der Waals surface area contributed by atoms with Crippen LogP contribution in [-0.4, -0.2) is 29.3 Å². The maximum Gasteiger partial charge on any atom is 0.269 e. The summed E-state index contributed by atoms with van der Waals surface area (Å²) in [7, 11) is 0. The number of H-pyrrole nitrogens is 2. The quantitative estimate of drug-likeness (QED) is 0.715. The third-order valence-corrected chi connectivity index (χ3v) is 2.83. The largest absolute Gasteiger partial charge is 0.491 e. The van der Waals surface area contributed by atoms with Crippen molar-refractivity contribution in [1.29, 1.82) is 0 Å². The first kappa shape index (κ1) is 13.9. The minimum Gasteiger partial charge on any atom is -0.491 e. The van der Waals surface area contributed by atoms with Crippen molar-refractivity contribution in [2.24, 2.45) is 0 Å². The molecule has 0 fully saturated rings. The van der Waals surface area contributed by atoms with E-state index in [0.29, 0.717) is 13.2 Å². The highest BCUT2D eigenvalue weighted by Crippen LogP contribution is 2.18. The van der Waals surface area contributed by atoms with Crippen LogP contribution in [-0.2, 0) is 0 Å². The number of nitrogens with one attached hydrogen (secondary N) is 3. The first-order valence-corrected chi connectivity index (χ1v) is 6.32. The predicted molar refractivity (Wildman–Crippen MR) is 75.2 cm³/mol. The lowest BCUT2D eigenvalue weighted by Gasteiger charge is -2.10. The molecule has 0 atom stereocenters. The second-order valence-electron chi connectivity index (χ2n) is 4.55. The molecule has 0 unspecified atom stereocenters. The number of aryl methyl sites for hydroxylation is 2. The van der Waals surface area contributed by atoms with Crippen molar-refractivity contribution in [3.8, 4) is 5.75 Å². The number of aromatic amines is 2. The Labute approximate surface area is 116 Å². The Bertz CT molecular complexity index is 658. The Kier molecular flexibility index (Phi) is 4.24. The topological polar surface area (TPSA) is 87.0 Å². The Hall–Kier alpha value is -2.50. The van der Waals surface area contributed by atoms with E-state index in [1.165, 1.54) is 6.07 Å². The first-order chi connectivity index (χ1) is 9.56. The van der Waals surface area contributed by atoms with Gasteiger partial charge in [-0.25, -0.2) is 0 Å². The van der Waals surface area contributed by atoms with E-state index >= 15 is 0 Å². The normalized spacial score (nSPS) is 10.3. The monoisotopic (exact) mass is 275 g/mol. The van der Waals surface area contributed by atoms with E-state index in [-0.39, 0.29) is 17.2 Å². The Balaban J connectivity index is 1.80. The van der Waals surface area contributed by atoms with Crippen molar-refractivity contribution in [3.05, 3.63) is 51.4 Å². The van der Waals surface area contributed by atoms with E-state index in [4.69, 9.17) is 4.74 Å². The molecule has 0 spiro atoms. The van der Waals surface area contributed by atoms with Gasteiger partial charge < -0.3 is 10.1 Å². The highest BCUT2D eigenvalue weighted by molar-refractivity contribution is 5.92. The summed E-state index contributed by atoms with van der Waals surface area (Å²) in [6.45, 7) is 4.69. The van der Waals surface area contributed by atoms with Gasteiger partial charge in [0.2, 0.25) is 0 Å². The maximum absolute atomic E-state index is 11.6. The maximum atomic E-state index is 11.6. The second kappa shape index (κ2) is 6.10. The van der Waals surface area contributed by atoms with Crippen LogP contribution in [0.3, 0.4) is 0 Å². The first-order valence-electron chi connectivity index (χ1n) is 6.32. The van der Waals surface area contributed by atoms with Gasteiger partial charge in [0.1, 0.15) is 18.1 Å². The SMILES string of the molecule is Cc1ccc(C)c(OCCNC(=O)c2cc(=O)[nH][nH]2)c1. The van der Waals surface area contributed by atoms with E-state index in [2.05, 4.69) is 15.5 Å². The molecule has 0 saturated heterocycles. The number of benzene rings is 1. The van der Waals surface area contributed by atoms with Gasteiger partial charge in [-0.1, -0.05) is 12.1 Å². The molecule has 1 amide bonds. The van der Waals surface area contributed by atoms with Gasteiger partial charge in [-0.15, -0.1) is 0 Å². The third-order valence-electron chi connectivity index (χ3n) is 2.83. The van der Waals surface area contributed by atoms with Crippen molar-refractivity contribution in [2.75, 3.05) is 13.2 Å². The lowest BCUT2D eigenvalue weighted by Crippen LogP contribution is -2.28. The number of aromatic nitrogens is 2. The van der Waals surface area contributed by atoms with Crippen LogP contribution in [0.5, 0.6) is 5.75 Å². The number of ether oxygens (including phenoxy) is 1. The fourth-order valence-corrected chi connectivity index (χ4v) is 1.74. The highest BCUT2D eigenvalue weighted by atomic mass is 16.5. The average molecular weight is 275 g/mol. The van der Waals surface area contributed by atoms with Crippen molar-refractivity contribution >= 4 is 5.91 Å². The summed E-state index contributed by atoms with van der Waals surface area (Å²) in [5.74, 6) is 0.474. The van der Waals surface area contributed by atoms with Crippen LogP contribution in [0.2, 0.25) is 0 Å². The number of carbonyl (C=O) groups is 1. The zero-order chi connectivity index (χ0) is 14.5. The molecule has 2 rings (SSSR count). The number of rotatable bonds is 5. The van der Waals surface area contributed by atoms with E-state index < -0.39 is 0 Å². The number of amides is 1. The van der Waals surface area contributed by atoms with Crippen LogP contribution in [0.4, 0.5) is 0 Å². The van der Waals surface area contributed by atoms with Gasteiger partial charge in [-0.05, 0) is 31.0 Å². The summed E-state index contributed by atoms with van der Waals surface area (Å²) in [5, 5.41) is 7.46. The van der Waals surface area contributed by atoms with Gasteiger partial charge in [0.05, 0.1) is 6.54 Å². The van der Waals surface area contributed by atoms with Gasteiger partial charge in [-0.3, -0.25) is 19.8 Å². The fraction of sp³-hybridized carbons (Fsp3) is 0.286. The fourth-order valence-electron chi connectivity index (χ4n) is 1.74. The molecular formula is C14H17N3O3. The molecule has 1 heterocycles. The standard InChI is InChI=1S/C14H17N3O3/c1-9-3-4-10(2)12(7-9)20-6-5-15-14(19)11-8-13(18)17-16-11/h3-4,7-8H,5-6H2,1-2H3,(H,15,19)(H2,16,17,18). The van der Waals surface area contributed by atoms with Crippen molar-refractivity contribution in [2.45, 2.75) is 13.8 Å². The summed E-state index contributed by atoms with van der Waals surface area (Å²) < 4.78 is 5.61. The van der Waals surface area contributed by atoms with Gasteiger partial charge >= 0.3 is 0 Å². The van der Waals surface area contributed by atoms with Gasteiger partial charge in [-0.2, -0.15) is 0 Å². The van der Waals surface area contributed by atoms with E-state index in [1.807, 2.05) is 32.0 Å². The van der Waals surface area contributed by atoms with Crippen LogP contribution >= 0.6 is 0 Å². The van der Waals surface area contributed by atoms with Crippen LogP contribution in [0.25, 0.3) is 0 Å². The molecule has 0 aliphatic carbocycles. The molecule has 3 N–H and O–H groups in total. The van der Waals surface area contributed by atoms with Crippen LogP contribution in [0.1, 0.15) is 21.6 Å². The molecule has 0 aliphatic rings. The Morgan fingerprint density at radius 2 is 2.05 bits per heavy atom. The highest BCUT2D eigenvalue weighted by Gasteiger charge is 2.07. The summed E-state index contributed by atoms with van der Waals surface area (Å²) in [6.07, 6.45) is 0. The Morgan fingerprint density at radius 1 is 1.25 bits per heavy atom. The average Bonchev–Trinajstić information content (AvgIpc) is 2.85. The molecule has 0 radical (unpaired) electrons. The van der Waals surface area contributed by atoms with Gasteiger partial charge in [0.25, 0.3) is 11.5 Å². The lowest BCUT2D eigenvalue weighted by atomic mass is 10.1. The minimum atomic E-state index is -0.340. The van der Waals surface area contributed by atoms with Crippen molar-refractivity contribution < 1.29 is 9.53 Å². The predicted octanol–water partition coefficient (Wildman–Crippen LogP) is 1.13. The summed E-state index contributed by atoms with van der Waals surface area (Å²) in [5.41, 5.74) is 2.06. The van der Waals surface area contributed by atoms with Crippen LogP contribution in [0.15, 0.2) is 29.1 Å². The van der Waals surface area contributed by atoms with Crippen LogP contribution < -0.4 is 15.6 Å². The van der Waals surface area contributed by atoms with E-state index in [1.54, 1.807) is 0 Å². The minimum absolute atomic E-state index is 0.210. The molecule has 0 bridgehead atoms. The molecular weight excluding hydrogens is 258 g/mol. The molecule has 1 aromatic carbocycles. The van der Waals surface area contributed by atoms with E-state index in [9.17, 15) is 9.59 Å². The number of hydrogen-bond acceptors (Lipinski definition) is 3. The molecule has 20 heavy (non-hydrogen) atoms. The smallest absolute Gasteiger partial charge is 0.269 e. The summed E-state index contributed by atoms with van der Waals surface area (Å²) in [4.78, 5) is 22.5. The number of hydrogen-bond donors (Lipinski definition) is 3. The van der Waals surface area contributed by atoms with Gasteiger partial charge in [0, 0.05) is 6.07 Å². The molecule has 106 valence electrons. The van der Waals surface area contributed by atoms with E-state index in [0.717, 1.165) is 16.9 Å². The molecule has 6 nitrogen and oxygen atoms in total. The van der Waals surface area contributed by atoms with Crippen LogP contribution in [0, 0.1) is 13.8 Å². The molecule has 0 aliphatic heterocycles.